The monoisotopic (exact) mass is 517 g/mol. The predicted molar refractivity (Wildman–Crippen MR) is 130 cm³/mol. The normalized spacial score (nSPS) is 15.9. The fourth-order valence-corrected chi connectivity index (χ4v) is 6.34. The molecule has 1 aliphatic carbocycles. The lowest BCUT2D eigenvalue weighted by atomic mass is 10.0. The van der Waals surface area contributed by atoms with E-state index in [2.05, 4.69) is 51.7 Å². The van der Waals surface area contributed by atoms with Crippen LogP contribution in [0.2, 0.25) is 0 Å². The predicted octanol–water partition coefficient (Wildman–Crippen LogP) is 5.70. The van der Waals surface area contributed by atoms with Crippen LogP contribution in [0.4, 0.5) is 0 Å². The molecule has 1 heterocycles. The SMILES string of the molecule is CCCCc1ccc(Cn2c3c(c4cc(S(C)(=O)=O)cc(Br)c42)CCC3CC(=O)O)cc1. The van der Waals surface area contributed by atoms with Gasteiger partial charge < -0.3 is 9.67 Å². The Labute approximate surface area is 197 Å². The molecular formula is C25H28BrNO4S. The molecule has 1 aliphatic rings. The maximum atomic E-state index is 12.2. The summed E-state index contributed by atoms with van der Waals surface area (Å²) >= 11 is 3.61. The van der Waals surface area contributed by atoms with Crippen molar-refractivity contribution in [2.24, 2.45) is 0 Å². The van der Waals surface area contributed by atoms with E-state index in [0.29, 0.717) is 6.54 Å². The maximum Gasteiger partial charge on any atom is 0.304 e. The van der Waals surface area contributed by atoms with Crippen molar-refractivity contribution in [1.29, 1.82) is 0 Å². The first-order valence-electron chi connectivity index (χ1n) is 11.0. The number of sulfone groups is 1. The van der Waals surface area contributed by atoms with Crippen LogP contribution in [-0.2, 0) is 34.0 Å². The number of carboxylic acid groups (broad SMARTS) is 1. The largest absolute Gasteiger partial charge is 0.481 e. The first-order chi connectivity index (χ1) is 15.2. The molecule has 32 heavy (non-hydrogen) atoms. The molecule has 1 N–H and O–H groups in total. The van der Waals surface area contributed by atoms with Gasteiger partial charge in [-0.1, -0.05) is 37.6 Å². The highest BCUT2D eigenvalue weighted by Crippen LogP contribution is 2.44. The van der Waals surface area contributed by atoms with Crippen LogP contribution in [0.25, 0.3) is 10.9 Å². The number of hydrogen-bond acceptors (Lipinski definition) is 3. The van der Waals surface area contributed by atoms with Crippen molar-refractivity contribution >= 4 is 42.6 Å². The van der Waals surface area contributed by atoms with Crippen LogP contribution >= 0.6 is 15.9 Å². The van der Waals surface area contributed by atoms with Crippen LogP contribution in [0.1, 0.15) is 60.9 Å². The third-order valence-corrected chi connectivity index (χ3v) is 8.09. The lowest BCUT2D eigenvalue weighted by molar-refractivity contribution is -0.137. The molecular weight excluding hydrogens is 490 g/mol. The Morgan fingerprint density at radius 3 is 2.50 bits per heavy atom. The van der Waals surface area contributed by atoms with Gasteiger partial charge in [-0.15, -0.1) is 0 Å². The number of aromatic nitrogens is 1. The zero-order chi connectivity index (χ0) is 23.0. The summed E-state index contributed by atoms with van der Waals surface area (Å²) in [6.07, 6.45) is 6.22. The van der Waals surface area contributed by atoms with E-state index < -0.39 is 15.8 Å². The molecule has 3 aromatic rings. The van der Waals surface area contributed by atoms with E-state index in [4.69, 9.17) is 0 Å². The minimum atomic E-state index is -3.36. The van der Waals surface area contributed by atoms with E-state index in [1.807, 2.05) is 0 Å². The summed E-state index contributed by atoms with van der Waals surface area (Å²) in [5.41, 5.74) is 5.51. The molecule has 0 bridgehead atoms. The van der Waals surface area contributed by atoms with E-state index >= 15 is 0 Å². The minimum absolute atomic E-state index is 0.0766. The van der Waals surface area contributed by atoms with Crippen LogP contribution in [-0.4, -0.2) is 30.3 Å². The lowest BCUT2D eigenvalue weighted by Crippen LogP contribution is -2.11. The Morgan fingerprint density at radius 1 is 1.19 bits per heavy atom. The van der Waals surface area contributed by atoms with Crippen molar-refractivity contribution < 1.29 is 18.3 Å². The summed E-state index contributed by atoms with van der Waals surface area (Å²) in [7, 11) is -3.36. The number of halogens is 1. The van der Waals surface area contributed by atoms with Gasteiger partial charge >= 0.3 is 5.97 Å². The number of rotatable bonds is 8. The number of unbranched alkanes of at least 4 members (excludes halogenated alkanes) is 1. The smallest absolute Gasteiger partial charge is 0.304 e. The summed E-state index contributed by atoms with van der Waals surface area (Å²) < 4.78 is 27.4. The second kappa shape index (κ2) is 9.02. The molecule has 7 heteroatoms. The van der Waals surface area contributed by atoms with Crippen molar-refractivity contribution in [3.8, 4) is 0 Å². The van der Waals surface area contributed by atoms with Crippen molar-refractivity contribution in [3.05, 3.63) is 63.3 Å². The molecule has 0 fully saturated rings. The first kappa shape index (κ1) is 23.1. The highest BCUT2D eigenvalue weighted by molar-refractivity contribution is 9.10. The number of carboxylic acids is 1. The van der Waals surface area contributed by atoms with Crippen molar-refractivity contribution in [2.75, 3.05) is 6.26 Å². The molecule has 0 saturated heterocycles. The van der Waals surface area contributed by atoms with E-state index in [1.165, 1.54) is 18.2 Å². The van der Waals surface area contributed by atoms with Gasteiger partial charge in [0.15, 0.2) is 9.84 Å². The quantitative estimate of drug-likeness (QED) is 0.415. The Hall–Kier alpha value is -2.12. The van der Waals surface area contributed by atoms with Crippen LogP contribution in [0, 0.1) is 0 Å². The third kappa shape index (κ3) is 4.50. The zero-order valence-electron chi connectivity index (χ0n) is 18.4. The molecule has 1 atom stereocenters. The van der Waals surface area contributed by atoms with E-state index in [1.54, 1.807) is 12.1 Å². The van der Waals surface area contributed by atoms with Gasteiger partial charge in [0.1, 0.15) is 0 Å². The maximum absolute atomic E-state index is 12.2. The number of aliphatic carboxylic acids is 1. The number of nitrogens with zero attached hydrogens (tertiary/aromatic N) is 1. The van der Waals surface area contributed by atoms with E-state index in [0.717, 1.165) is 57.9 Å². The second-order valence-electron chi connectivity index (χ2n) is 8.78. The molecule has 2 aromatic carbocycles. The van der Waals surface area contributed by atoms with Gasteiger partial charge in [0.25, 0.3) is 0 Å². The summed E-state index contributed by atoms with van der Waals surface area (Å²) in [4.78, 5) is 11.8. The summed E-state index contributed by atoms with van der Waals surface area (Å²) in [5.74, 6) is -0.886. The van der Waals surface area contributed by atoms with Gasteiger partial charge in [-0.3, -0.25) is 4.79 Å². The topological polar surface area (TPSA) is 76.4 Å². The summed E-state index contributed by atoms with van der Waals surface area (Å²) in [6.45, 7) is 2.81. The van der Waals surface area contributed by atoms with Gasteiger partial charge in [0.05, 0.1) is 16.8 Å². The highest BCUT2D eigenvalue weighted by Gasteiger charge is 2.32. The average Bonchev–Trinajstić information content (AvgIpc) is 3.26. The van der Waals surface area contributed by atoms with Crippen molar-refractivity contribution in [2.45, 2.75) is 62.8 Å². The molecule has 0 radical (unpaired) electrons. The minimum Gasteiger partial charge on any atom is -0.481 e. The number of benzene rings is 2. The summed E-state index contributed by atoms with van der Waals surface area (Å²) in [5, 5.41) is 10.4. The second-order valence-corrected chi connectivity index (χ2v) is 11.6. The van der Waals surface area contributed by atoms with Crippen LogP contribution in [0.5, 0.6) is 0 Å². The highest BCUT2D eigenvalue weighted by atomic mass is 79.9. The molecule has 0 amide bonds. The van der Waals surface area contributed by atoms with Gasteiger partial charge in [-0.05, 0) is 70.4 Å². The molecule has 1 aromatic heterocycles. The number of aryl methyl sites for hydroxylation is 2. The molecule has 1 unspecified atom stereocenters. The van der Waals surface area contributed by atoms with Gasteiger partial charge in [0.2, 0.25) is 0 Å². The third-order valence-electron chi connectivity index (χ3n) is 6.39. The van der Waals surface area contributed by atoms with Crippen LogP contribution in [0.15, 0.2) is 45.8 Å². The zero-order valence-corrected chi connectivity index (χ0v) is 20.8. The molecule has 5 nitrogen and oxygen atoms in total. The molecule has 4 rings (SSSR count). The standard InChI is InChI=1S/C25H28BrNO4S/c1-3-4-5-16-6-8-17(9-7-16)15-27-24-18(12-23(28)29)10-11-20(24)21-13-19(32(2,30)31)14-22(26)25(21)27/h6-9,13-14,18H,3-5,10-12,15H2,1-2H3,(H,28,29). The number of hydrogen-bond donors (Lipinski definition) is 1. The van der Waals surface area contributed by atoms with Crippen molar-refractivity contribution in [1.82, 2.24) is 4.57 Å². The van der Waals surface area contributed by atoms with Gasteiger partial charge in [-0.25, -0.2) is 8.42 Å². The van der Waals surface area contributed by atoms with Gasteiger partial charge in [-0.2, -0.15) is 0 Å². The lowest BCUT2D eigenvalue weighted by Gasteiger charge is -2.16. The molecule has 0 spiro atoms. The van der Waals surface area contributed by atoms with Crippen molar-refractivity contribution in [3.63, 3.8) is 0 Å². The average molecular weight is 518 g/mol. The fourth-order valence-electron chi connectivity index (χ4n) is 4.85. The molecule has 0 saturated carbocycles. The Balaban J connectivity index is 1.84. The molecule has 0 aliphatic heterocycles. The van der Waals surface area contributed by atoms with Crippen LogP contribution < -0.4 is 0 Å². The molecule has 170 valence electrons. The first-order valence-corrected chi connectivity index (χ1v) is 13.7. The number of carbonyl (C=O) groups is 1. The van der Waals surface area contributed by atoms with Crippen LogP contribution in [0.3, 0.4) is 0 Å². The fraction of sp³-hybridized carbons (Fsp3) is 0.400. The number of fused-ring (bicyclic) bond motifs is 3. The summed E-state index contributed by atoms with van der Waals surface area (Å²) in [6, 6.07) is 12.0. The Kier molecular flexibility index (Phi) is 6.50. The van der Waals surface area contributed by atoms with E-state index in [9.17, 15) is 18.3 Å². The Morgan fingerprint density at radius 2 is 1.88 bits per heavy atom. The van der Waals surface area contributed by atoms with E-state index in [-0.39, 0.29) is 17.2 Å². The Bertz CT molecular complexity index is 1280. The van der Waals surface area contributed by atoms with Gasteiger partial charge in [0, 0.05) is 34.3 Å².